The molecule has 106 valence electrons. The first-order valence-electron chi connectivity index (χ1n) is 5.93. The minimum absolute atomic E-state index is 0.167. The van der Waals surface area contributed by atoms with Crippen molar-refractivity contribution in [3.8, 4) is 11.1 Å². The number of benzene rings is 2. The van der Waals surface area contributed by atoms with E-state index in [2.05, 4.69) is 9.53 Å². The van der Waals surface area contributed by atoms with Gasteiger partial charge in [-0.3, -0.25) is 0 Å². The Morgan fingerprint density at radius 3 is 2.57 bits per heavy atom. The summed E-state index contributed by atoms with van der Waals surface area (Å²) in [5.41, 5.74) is 9.43. The van der Waals surface area contributed by atoms with Crippen molar-refractivity contribution in [2.45, 2.75) is 0 Å². The van der Waals surface area contributed by atoms with Crippen molar-refractivity contribution in [3.63, 3.8) is 0 Å². The van der Waals surface area contributed by atoms with Crippen molar-refractivity contribution in [2.24, 2.45) is 0 Å². The second-order valence-corrected chi connectivity index (χ2v) is 4.15. The smallest absolute Gasteiger partial charge is 0.422 e. The summed E-state index contributed by atoms with van der Waals surface area (Å²) in [6, 6.07) is 9.29. The molecule has 0 saturated heterocycles. The summed E-state index contributed by atoms with van der Waals surface area (Å²) < 4.78 is 31.2. The first-order chi connectivity index (χ1) is 10.1. The Kier molecular flexibility index (Phi) is 4.21. The summed E-state index contributed by atoms with van der Waals surface area (Å²) in [6.45, 7) is 0. The Hall–Kier alpha value is -2.85. The molecule has 6 heteroatoms. The van der Waals surface area contributed by atoms with Crippen LogP contribution in [0.25, 0.3) is 16.7 Å². The number of carbonyl (C=O) groups excluding carboxylic acids is 1. The lowest BCUT2D eigenvalue weighted by Crippen LogP contribution is -2.18. The number of hydrogen-bond acceptors (Lipinski definition) is 2. The van der Waals surface area contributed by atoms with Gasteiger partial charge in [0, 0.05) is 11.6 Å². The molecule has 2 rings (SSSR count). The van der Waals surface area contributed by atoms with Crippen LogP contribution in [0.3, 0.4) is 0 Å². The Balaban J connectivity index is 2.52. The zero-order chi connectivity index (χ0) is 15.4. The summed E-state index contributed by atoms with van der Waals surface area (Å²) in [5.74, 6) is -2.23. The summed E-state index contributed by atoms with van der Waals surface area (Å²) >= 11 is 0. The lowest BCUT2D eigenvalue weighted by Gasteiger charge is -2.04. The highest BCUT2D eigenvalue weighted by atomic mass is 19.1. The molecule has 4 nitrogen and oxygen atoms in total. The average molecular weight is 288 g/mol. The molecule has 0 radical (unpaired) electrons. The Morgan fingerprint density at radius 2 is 1.95 bits per heavy atom. The fourth-order valence-corrected chi connectivity index (χ4v) is 1.87. The topological polar surface area (TPSA) is 62.7 Å². The van der Waals surface area contributed by atoms with Gasteiger partial charge in [-0.25, -0.2) is 13.6 Å². The average Bonchev–Trinajstić information content (AvgIpc) is 2.48. The second kappa shape index (κ2) is 6.07. The van der Waals surface area contributed by atoms with Crippen LogP contribution in [-0.2, 0) is 9.53 Å². The molecule has 0 aliphatic rings. The van der Waals surface area contributed by atoms with Gasteiger partial charge in [0.05, 0.1) is 12.7 Å². The number of methoxy groups -OCH3 is 1. The van der Waals surface area contributed by atoms with Crippen LogP contribution in [0.15, 0.2) is 42.5 Å². The predicted molar refractivity (Wildman–Crippen MR) is 71.5 cm³/mol. The van der Waals surface area contributed by atoms with E-state index in [0.29, 0.717) is 5.56 Å². The lowest BCUT2D eigenvalue weighted by atomic mass is 10.0. The summed E-state index contributed by atoms with van der Waals surface area (Å²) in [5, 5.41) is 0. The van der Waals surface area contributed by atoms with Crippen LogP contribution in [-0.4, -0.2) is 23.6 Å². The number of ether oxygens (including phenoxy) is 1. The number of rotatable bonds is 3. The highest BCUT2D eigenvalue weighted by Crippen LogP contribution is 2.24. The van der Waals surface area contributed by atoms with Crippen LogP contribution in [0.5, 0.6) is 0 Å². The molecule has 0 bridgehead atoms. The summed E-state index contributed by atoms with van der Waals surface area (Å²) in [6.07, 6.45) is 0. The molecule has 0 aromatic heterocycles. The maximum Gasteiger partial charge on any atom is 0.422 e. The molecule has 0 saturated carbocycles. The van der Waals surface area contributed by atoms with E-state index in [0.717, 1.165) is 19.2 Å². The van der Waals surface area contributed by atoms with Gasteiger partial charge in [0.25, 0.3) is 0 Å². The van der Waals surface area contributed by atoms with E-state index in [1.165, 1.54) is 18.2 Å². The SMILES string of the molecule is COC(=O)C(=[N+]=[N-])c1cccc(-c2ccc(F)cc2F)c1. The Morgan fingerprint density at radius 1 is 1.19 bits per heavy atom. The van der Waals surface area contributed by atoms with Crippen molar-refractivity contribution >= 4 is 11.7 Å². The zero-order valence-electron chi connectivity index (χ0n) is 11.0. The van der Waals surface area contributed by atoms with Gasteiger partial charge in [-0.15, -0.1) is 0 Å². The predicted octanol–water partition coefficient (Wildman–Crippen LogP) is 2.82. The molecule has 0 spiro atoms. The van der Waals surface area contributed by atoms with Crippen LogP contribution in [0, 0.1) is 11.6 Å². The monoisotopic (exact) mass is 288 g/mol. The largest absolute Gasteiger partial charge is 0.460 e. The van der Waals surface area contributed by atoms with Crippen molar-refractivity contribution in [1.29, 1.82) is 0 Å². The first-order valence-corrected chi connectivity index (χ1v) is 5.93. The van der Waals surface area contributed by atoms with Gasteiger partial charge in [0.15, 0.2) is 0 Å². The third-order valence-electron chi connectivity index (χ3n) is 2.86. The molecular formula is C15H10F2N2O2. The number of halogens is 2. The van der Waals surface area contributed by atoms with Gasteiger partial charge >= 0.3 is 11.7 Å². The molecule has 0 fully saturated rings. The molecule has 0 heterocycles. The standard InChI is InChI=1S/C15H10F2N2O2/c1-21-15(20)14(19-18)10-4-2-3-9(7-10)12-6-5-11(16)8-13(12)17/h2-8H,1H3. The van der Waals surface area contributed by atoms with Crippen LogP contribution in [0.2, 0.25) is 0 Å². The van der Waals surface area contributed by atoms with Crippen LogP contribution in [0.1, 0.15) is 5.56 Å². The minimum Gasteiger partial charge on any atom is -0.460 e. The molecule has 2 aromatic carbocycles. The molecular weight excluding hydrogens is 278 g/mol. The second-order valence-electron chi connectivity index (χ2n) is 4.15. The van der Waals surface area contributed by atoms with E-state index in [9.17, 15) is 13.6 Å². The zero-order valence-corrected chi connectivity index (χ0v) is 11.0. The third kappa shape index (κ3) is 3.01. The number of hydrogen-bond donors (Lipinski definition) is 0. The van der Waals surface area contributed by atoms with E-state index in [1.54, 1.807) is 12.1 Å². The van der Waals surface area contributed by atoms with Gasteiger partial charge in [-0.05, 0) is 29.8 Å². The van der Waals surface area contributed by atoms with Gasteiger partial charge in [0.1, 0.15) is 11.6 Å². The maximum absolute atomic E-state index is 13.8. The quantitative estimate of drug-likeness (QED) is 0.377. The summed E-state index contributed by atoms with van der Waals surface area (Å²) in [4.78, 5) is 14.4. The highest BCUT2D eigenvalue weighted by Gasteiger charge is 2.24. The molecule has 0 amide bonds. The van der Waals surface area contributed by atoms with Gasteiger partial charge < -0.3 is 10.3 Å². The molecule has 0 atom stereocenters. The molecule has 21 heavy (non-hydrogen) atoms. The normalized spacial score (nSPS) is 9.86. The van der Waals surface area contributed by atoms with E-state index in [1.807, 2.05) is 0 Å². The van der Waals surface area contributed by atoms with Crippen LogP contribution >= 0.6 is 0 Å². The van der Waals surface area contributed by atoms with Gasteiger partial charge in [-0.2, -0.15) is 4.79 Å². The lowest BCUT2D eigenvalue weighted by molar-refractivity contribution is -0.137. The van der Waals surface area contributed by atoms with Gasteiger partial charge in [-0.1, -0.05) is 12.1 Å². The van der Waals surface area contributed by atoms with Crippen molar-refractivity contribution in [2.75, 3.05) is 7.11 Å². The Bertz CT molecular complexity index is 753. The number of esters is 1. The van der Waals surface area contributed by atoms with Crippen LogP contribution < -0.4 is 0 Å². The number of carbonyl (C=O) groups is 1. The molecule has 0 unspecified atom stereocenters. The fraction of sp³-hybridized carbons (Fsp3) is 0.0667. The van der Waals surface area contributed by atoms with E-state index >= 15 is 0 Å². The molecule has 0 aliphatic heterocycles. The third-order valence-corrected chi connectivity index (χ3v) is 2.86. The minimum atomic E-state index is -0.825. The van der Waals surface area contributed by atoms with Crippen LogP contribution in [0.4, 0.5) is 8.78 Å². The highest BCUT2D eigenvalue weighted by molar-refractivity contribution is 6.40. The van der Waals surface area contributed by atoms with Crippen molar-refractivity contribution in [1.82, 2.24) is 0 Å². The van der Waals surface area contributed by atoms with E-state index < -0.39 is 17.6 Å². The van der Waals surface area contributed by atoms with Gasteiger partial charge in [0.2, 0.25) is 0 Å². The first kappa shape index (κ1) is 14.6. The molecule has 0 aliphatic carbocycles. The van der Waals surface area contributed by atoms with Crippen molar-refractivity contribution < 1.29 is 23.1 Å². The Labute approximate surface area is 119 Å². The maximum atomic E-state index is 13.8. The molecule has 2 aromatic rings. The fourth-order valence-electron chi connectivity index (χ4n) is 1.87. The number of nitrogens with zero attached hydrogens (tertiary/aromatic N) is 2. The van der Waals surface area contributed by atoms with E-state index in [-0.39, 0.29) is 16.8 Å². The van der Waals surface area contributed by atoms with Crippen molar-refractivity contribution in [3.05, 3.63) is 65.2 Å². The van der Waals surface area contributed by atoms with E-state index in [4.69, 9.17) is 5.53 Å². The molecule has 0 N–H and O–H groups in total. The summed E-state index contributed by atoms with van der Waals surface area (Å²) in [7, 11) is 1.15.